The van der Waals surface area contributed by atoms with Gasteiger partial charge in [0.25, 0.3) is 0 Å². The molecule has 0 aliphatic rings. The zero-order chi connectivity index (χ0) is 24.4. The molecular weight excluding hydrogens is 449 g/mol. The first-order chi connectivity index (χ1) is 15.6. The number of halogens is 5. The molecule has 174 valence electrons. The van der Waals surface area contributed by atoms with E-state index in [0.29, 0.717) is 11.0 Å². The molecule has 0 unspecified atom stereocenters. The van der Waals surface area contributed by atoms with Crippen LogP contribution in [0.15, 0.2) is 28.7 Å². The second kappa shape index (κ2) is 9.27. The fourth-order valence-corrected chi connectivity index (χ4v) is 3.13. The Morgan fingerprint density at radius 1 is 0.970 bits per heavy atom. The highest BCUT2D eigenvalue weighted by molar-refractivity contribution is 6.09. The molecule has 2 amide bonds. The fraction of sp³-hybridized carbons (Fsp3) is 0.190. The lowest BCUT2D eigenvalue weighted by Crippen LogP contribution is -2.37. The molecule has 4 N–H and O–H groups in total. The number of hydrogen-bond acceptors (Lipinski definition) is 5. The maximum Gasteiger partial charge on any atom is 0.325 e. The van der Waals surface area contributed by atoms with E-state index in [9.17, 15) is 26.7 Å². The van der Waals surface area contributed by atoms with Crippen molar-refractivity contribution in [3.63, 3.8) is 0 Å². The van der Waals surface area contributed by atoms with Crippen LogP contribution in [-0.2, 0) is 0 Å². The number of urea groups is 1. The smallest absolute Gasteiger partial charge is 0.325 e. The highest BCUT2D eigenvalue weighted by Gasteiger charge is 2.27. The van der Waals surface area contributed by atoms with Crippen LogP contribution >= 0.6 is 0 Å². The maximum absolute atomic E-state index is 13.7. The van der Waals surface area contributed by atoms with Crippen LogP contribution in [0.4, 0.5) is 38.1 Å². The molecular formula is C21H18F5N5O2. The summed E-state index contributed by atoms with van der Waals surface area (Å²) in [5.41, 5.74) is -1.02. The minimum absolute atomic E-state index is 0.175. The van der Waals surface area contributed by atoms with E-state index in [0.717, 1.165) is 18.8 Å². The van der Waals surface area contributed by atoms with Crippen LogP contribution < -0.4 is 21.1 Å². The number of carbonyl (C=O) groups excluding carboxylic acids is 1. The predicted octanol–water partition coefficient (Wildman–Crippen LogP) is 4.60. The Morgan fingerprint density at radius 3 is 2.12 bits per heavy atom. The van der Waals surface area contributed by atoms with Gasteiger partial charge in [0.1, 0.15) is 17.1 Å². The summed E-state index contributed by atoms with van der Waals surface area (Å²) < 4.78 is 72.6. The third-order valence-corrected chi connectivity index (χ3v) is 4.84. The molecule has 0 radical (unpaired) electrons. The number of hydrogen-bond donors (Lipinski definition) is 4. The average molecular weight is 467 g/mol. The molecule has 0 bridgehead atoms. The van der Waals surface area contributed by atoms with Gasteiger partial charge in [-0.1, -0.05) is 0 Å². The van der Waals surface area contributed by atoms with Gasteiger partial charge < -0.3 is 14.6 Å². The lowest BCUT2D eigenvalue weighted by Gasteiger charge is -2.21. The molecule has 0 spiro atoms. The number of anilines is 2. The van der Waals surface area contributed by atoms with Gasteiger partial charge in [0, 0.05) is 30.2 Å². The third-order valence-electron chi connectivity index (χ3n) is 4.84. The number of fused-ring (bicyclic) bond motifs is 1. The SMILES string of the molecule is CCN(CC)c1ccc2cc(C(=N)NC(=O)Nc3c(F)c(F)c(F)c(F)c3F)c(=N)oc2c1. The summed E-state index contributed by atoms with van der Waals surface area (Å²) in [6.45, 7) is 5.46. The Labute approximate surface area is 183 Å². The fourth-order valence-electron chi connectivity index (χ4n) is 3.13. The number of amidine groups is 1. The standard InChI is InChI=1S/C21H18F5N5O2/c1-3-31(4-2)10-6-5-9-7-11(20(28)33-12(9)8-10)19(27)30-21(32)29-18-16(25)14(23)13(22)15(24)17(18)26/h5-8,28H,3-4H2,1-2H3,(H3,27,29,30,32). The zero-order valence-corrected chi connectivity index (χ0v) is 17.4. The first-order valence-corrected chi connectivity index (χ1v) is 9.64. The van der Waals surface area contributed by atoms with Crippen LogP contribution in [0.3, 0.4) is 0 Å². The van der Waals surface area contributed by atoms with E-state index in [1.807, 2.05) is 25.2 Å². The van der Waals surface area contributed by atoms with Gasteiger partial charge in [0.05, 0.1) is 5.56 Å². The molecule has 1 heterocycles. The molecule has 0 fully saturated rings. The first kappa shape index (κ1) is 23.7. The van der Waals surface area contributed by atoms with Crippen LogP contribution in [0, 0.1) is 39.9 Å². The van der Waals surface area contributed by atoms with E-state index in [2.05, 4.69) is 4.90 Å². The summed E-state index contributed by atoms with van der Waals surface area (Å²) in [6, 6.07) is 5.15. The molecule has 3 rings (SSSR count). The molecule has 12 heteroatoms. The predicted molar refractivity (Wildman–Crippen MR) is 111 cm³/mol. The van der Waals surface area contributed by atoms with E-state index in [4.69, 9.17) is 15.2 Å². The Bertz CT molecular complexity index is 1290. The van der Waals surface area contributed by atoms with E-state index in [-0.39, 0.29) is 5.56 Å². The minimum Gasteiger partial charge on any atom is -0.438 e. The van der Waals surface area contributed by atoms with E-state index < -0.39 is 52.2 Å². The van der Waals surface area contributed by atoms with Crippen molar-refractivity contribution in [3.05, 3.63) is 64.5 Å². The van der Waals surface area contributed by atoms with Crippen molar-refractivity contribution in [2.75, 3.05) is 23.3 Å². The van der Waals surface area contributed by atoms with E-state index in [1.54, 1.807) is 12.1 Å². The Morgan fingerprint density at radius 2 is 1.55 bits per heavy atom. The van der Waals surface area contributed by atoms with Gasteiger partial charge in [-0.3, -0.25) is 16.1 Å². The zero-order valence-electron chi connectivity index (χ0n) is 17.4. The molecule has 0 aliphatic heterocycles. The highest BCUT2D eigenvalue weighted by Crippen LogP contribution is 2.27. The number of rotatable bonds is 5. The molecule has 0 aliphatic carbocycles. The molecule has 3 aromatic rings. The van der Waals surface area contributed by atoms with Crippen molar-refractivity contribution in [2.24, 2.45) is 0 Å². The van der Waals surface area contributed by atoms with Gasteiger partial charge in [-0.2, -0.15) is 0 Å². The number of benzene rings is 2. The summed E-state index contributed by atoms with van der Waals surface area (Å²) in [6.07, 6.45) is 0. The molecule has 0 saturated heterocycles. The molecule has 33 heavy (non-hydrogen) atoms. The summed E-state index contributed by atoms with van der Waals surface area (Å²) >= 11 is 0. The summed E-state index contributed by atoms with van der Waals surface area (Å²) in [5.74, 6) is -12.0. The van der Waals surface area contributed by atoms with Gasteiger partial charge in [-0.15, -0.1) is 0 Å². The van der Waals surface area contributed by atoms with Crippen molar-refractivity contribution in [2.45, 2.75) is 13.8 Å². The van der Waals surface area contributed by atoms with Crippen LogP contribution in [-0.4, -0.2) is 25.0 Å². The van der Waals surface area contributed by atoms with Crippen molar-refractivity contribution in [1.29, 1.82) is 10.8 Å². The molecule has 2 aromatic carbocycles. The normalized spacial score (nSPS) is 10.9. The van der Waals surface area contributed by atoms with Crippen LogP contribution in [0.2, 0.25) is 0 Å². The van der Waals surface area contributed by atoms with Gasteiger partial charge in [-0.05, 0) is 32.0 Å². The summed E-state index contributed by atoms with van der Waals surface area (Å²) in [4.78, 5) is 14.1. The molecule has 0 atom stereocenters. The number of nitrogens with one attached hydrogen (secondary N) is 4. The minimum atomic E-state index is -2.37. The topological polar surface area (TPSA) is 105 Å². The first-order valence-electron chi connectivity index (χ1n) is 9.64. The van der Waals surface area contributed by atoms with Crippen molar-refractivity contribution in [3.8, 4) is 0 Å². The number of nitrogens with zero attached hydrogens (tertiary/aromatic N) is 1. The van der Waals surface area contributed by atoms with Gasteiger partial charge in [-0.25, -0.2) is 26.7 Å². The number of carbonyl (C=O) groups is 1. The molecule has 1 aromatic heterocycles. The van der Waals surface area contributed by atoms with Crippen molar-refractivity contribution >= 4 is 34.2 Å². The molecule has 7 nitrogen and oxygen atoms in total. The lowest BCUT2D eigenvalue weighted by molar-refractivity contribution is 0.255. The van der Waals surface area contributed by atoms with Crippen LogP contribution in [0.5, 0.6) is 0 Å². The van der Waals surface area contributed by atoms with E-state index in [1.165, 1.54) is 11.4 Å². The van der Waals surface area contributed by atoms with Gasteiger partial charge >= 0.3 is 6.03 Å². The maximum atomic E-state index is 13.7. The largest absolute Gasteiger partial charge is 0.438 e. The summed E-state index contributed by atoms with van der Waals surface area (Å²) in [5, 5.41) is 19.9. The Balaban J connectivity index is 1.85. The van der Waals surface area contributed by atoms with Crippen LogP contribution in [0.1, 0.15) is 19.4 Å². The van der Waals surface area contributed by atoms with Gasteiger partial charge in [0.2, 0.25) is 11.4 Å². The Hall–Kier alpha value is -3.96. The van der Waals surface area contributed by atoms with E-state index >= 15 is 0 Å². The monoisotopic (exact) mass is 467 g/mol. The highest BCUT2D eigenvalue weighted by atomic mass is 19.2. The van der Waals surface area contributed by atoms with Crippen molar-refractivity contribution in [1.82, 2.24) is 5.32 Å². The third kappa shape index (κ3) is 4.49. The molecule has 0 saturated carbocycles. The number of amides is 2. The lowest BCUT2D eigenvalue weighted by atomic mass is 10.1. The average Bonchev–Trinajstić information content (AvgIpc) is 2.79. The Kier molecular flexibility index (Phi) is 6.65. The van der Waals surface area contributed by atoms with Crippen LogP contribution in [0.25, 0.3) is 11.0 Å². The second-order valence-electron chi connectivity index (χ2n) is 6.78. The quantitative estimate of drug-likeness (QED) is 0.145. The van der Waals surface area contributed by atoms with Crippen molar-refractivity contribution < 1.29 is 31.2 Å². The van der Waals surface area contributed by atoms with Gasteiger partial charge in [0.15, 0.2) is 23.3 Å². The second-order valence-corrected chi connectivity index (χ2v) is 6.78. The summed E-state index contributed by atoms with van der Waals surface area (Å²) in [7, 11) is 0.